The molecule has 4 aromatic heterocycles. The van der Waals surface area contributed by atoms with Crippen LogP contribution in [-0.2, 0) is 32.2 Å². The van der Waals surface area contributed by atoms with Crippen LogP contribution in [0.1, 0.15) is 11.4 Å². The van der Waals surface area contributed by atoms with Crippen molar-refractivity contribution >= 4 is 22.7 Å². The molecule has 0 atom stereocenters. The maximum absolute atomic E-state index is 5.63. The monoisotopic (exact) mass is 498 g/mol. The number of ether oxygens (including phenoxy) is 4. The number of pyridine rings is 2. The summed E-state index contributed by atoms with van der Waals surface area (Å²) in [5.74, 6) is 0. The van der Waals surface area contributed by atoms with Gasteiger partial charge in [0.05, 0.1) is 75.6 Å². The lowest BCUT2D eigenvalue weighted by Crippen LogP contribution is -2.12. The lowest BCUT2D eigenvalue weighted by Gasteiger charge is -2.06. The summed E-state index contributed by atoms with van der Waals surface area (Å²) < 4.78 is 22.3. The van der Waals surface area contributed by atoms with Gasteiger partial charge in [0.1, 0.15) is 10.0 Å². The Balaban J connectivity index is 0.970. The summed E-state index contributed by atoms with van der Waals surface area (Å²) in [7, 11) is 0. The van der Waals surface area contributed by atoms with E-state index in [4.69, 9.17) is 18.9 Å². The van der Waals surface area contributed by atoms with Crippen molar-refractivity contribution in [2.24, 2.45) is 0 Å². The predicted molar refractivity (Wildman–Crippen MR) is 132 cm³/mol. The third-order valence-corrected chi connectivity index (χ3v) is 6.31. The average molecular weight is 499 g/mol. The fourth-order valence-electron chi connectivity index (χ4n) is 2.87. The molecule has 4 aromatic rings. The molecule has 0 saturated heterocycles. The smallest absolute Gasteiger partial charge is 0.142 e. The first-order valence-corrected chi connectivity index (χ1v) is 12.7. The lowest BCUT2D eigenvalue weighted by atomic mass is 10.4. The van der Waals surface area contributed by atoms with Gasteiger partial charge in [-0.15, -0.1) is 22.7 Å². The summed E-state index contributed by atoms with van der Waals surface area (Å²) >= 11 is 3.13. The third kappa shape index (κ3) is 8.01. The maximum atomic E-state index is 5.63. The first-order valence-electron chi connectivity index (χ1n) is 10.9. The van der Waals surface area contributed by atoms with Crippen molar-refractivity contribution in [3.63, 3.8) is 0 Å². The summed E-state index contributed by atoms with van der Waals surface area (Å²) in [6, 6.07) is 11.6. The van der Waals surface area contributed by atoms with Gasteiger partial charge in [-0.3, -0.25) is 9.97 Å². The highest BCUT2D eigenvalue weighted by molar-refractivity contribution is 7.13. The third-order valence-electron chi connectivity index (χ3n) is 4.49. The van der Waals surface area contributed by atoms with Gasteiger partial charge in [0.15, 0.2) is 0 Å². The minimum Gasteiger partial charge on any atom is -0.377 e. The Morgan fingerprint density at radius 2 is 1.00 bits per heavy atom. The molecule has 0 spiro atoms. The second-order valence-electron chi connectivity index (χ2n) is 7.05. The van der Waals surface area contributed by atoms with Crippen molar-refractivity contribution in [3.05, 3.63) is 70.9 Å². The summed E-state index contributed by atoms with van der Waals surface area (Å²) in [6.45, 7) is 4.00. The number of nitrogens with zero attached hydrogens (tertiary/aromatic N) is 4. The van der Waals surface area contributed by atoms with Gasteiger partial charge in [-0.25, -0.2) is 9.97 Å². The van der Waals surface area contributed by atoms with Crippen molar-refractivity contribution in [2.45, 2.75) is 13.2 Å². The number of aromatic nitrogens is 4. The van der Waals surface area contributed by atoms with Gasteiger partial charge in [0.25, 0.3) is 0 Å². The second kappa shape index (κ2) is 14.0. The SMILES string of the molecule is c1ccc(-c2nc(COCCOCCOCCOCc3csc(-c4ccccn4)n3)cs2)nc1. The van der Waals surface area contributed by atoms with E-state index in [1.54, 1.807) is 35.1 Å². The molecule has 0 unspecified atom stereocenters. The van der Waals surface area contributed by atoms with E-state index in [0.717, 1.165) is 32.8 Å². The Bertz CT molecular complexity index is 1000. The molecule has 0 radical (unpaired) electrons. The molecule has 10 heteroatoms. The van der Waals surface area contributed by atoms with E-state index in [0.29, 0.717) is 52.9 Å². The minimum absolute atomic E-state index is 0.461. The summed E-state index contributed by atoms with van der Waals surface area (Å²) in [6.07, 6.45) is 3.53. The molecule has 0 amide bonds. The Hall–Kier alpha value is -2.60. The van der Waals surface area contributed by atoms with E-state index in [-0.39, 0.29) is 0 Å². The number of thiazole rings is 2. The van der Waals surface area contributed by atoms with Gasteiger partial charge in [-0.2, -0.15) is 0 Å². The largest absolute Gasteiger partial charge is 0.377 e. The predicted octanol–water partition coefficient (Wildman–Crippen LogP) is 4.49. The Kier molecular flexibility index (Phi) is 10.1. The van der Waals surface area contributed by atoms with E-state index in [2.05, 4.69) is 19.9 Å². The molecular formula is C24H26N4O4S2. The van der Waals surface area contributed by atoms with E-state index < -0.39 is 0 Å². The number of hydrogen-bond donors (Lipinski definition) is 0. The number of rotatable bonds is 15. The van der Waals surface area contributed by atoms with Crippen LogP contribution >= 0.6 is 22.7 Å². The average Bonchev–Trinajstić information content (AvgIpc) is 3.56. The van der Waals surface area contributed by atoms with Crippen LogP contribution in [0.3, 0.4) is 0 Å². The highest BCUT2D eigenvalue weighted by atomic mass is 32.1. The highest BCUT2D eigenvalue weighted by Crippen LogP contribution is 2.22. The fourth-order valence-corrected chi connectivity index (χ4v) is 4.43. The van der Waals surface area contributed by atoms with Crippen molar-refractivity contribution in [1.29, 1.82) is 0 Å². The van der Waals surface area contributed by atoms with Gasteiger partial charge in [0.2, 0.25) is 0 Å². The molecule has 0 aliphatic heterocycles. The zero-order valence-corrected chi connectivity index (χ0v) is 20.3. The zero-order chi connectivity index (χ0) is 23.3. The van der Waals surface area contributed by atoms with Crippen LogP contribution in [0.2, 0.25) is 0 Å². The van der Waals surface area contributed by atoms with Crippen LogP contribution in [0.4, 0.5) is 0 Å². The molecule has 34 heavy (non-hydrogen) atoms. The molecule has 178 valence electrons. The summed E-state index contributed by atoms with van der Waals surface area (Å²) in [5.41, 5.74) is 3.56. The van der Waals surface area contributed by atoms with Crippen molar-refractivity contribution < 1.29 is 18.9 Å². The van der Waals surface area contributed by atoms with E-state index in [1.165, 1.54) is 0 Å². The van der Waals surface area contributed by atoms with Crippen LogP contribution in [0.5, 0.6) is 0 Å². The Labute approximate surface area is 206 Å². The lowest BCUT2D eigenvalue weighted by molar-refractivity contribution is -0.00668. The Morgan fingerprint density at radius 1 is 0.559 bits per heavy atom. The van der Waals surface area contributed by atoms with Crippen LogP contribution in [0.25, 0.3) is 21.4 Å². The topological polar surface area (TPSA) is 88.5 Å². The van der Waals surface area contributed by atoms with E-state index >= 15 is 0 Å². The van der Waals surface area contributed by atoms with Crippen molar-refractivity contribution in [1.82, 2.24) is 19.9 Å². The van der Waals surface area contributed by atoms with Crippen LogP contribution in [0.15, 0.2) is 59.6 Å². The van der Waals surface area contributed by atoms with Gasteiger partial charge >= 0.3 is 0 Å². The molecule has 8 nitrogen and oxygen atoms in total. The van der Waals surface area contributed by atoms with Crippen molar-refractivity contribution in [2.75, 3.05) is 39.6 Å². The summed E-state index contributed by atoms with van der Waals surface area (Å²) in [4.78, 5) is 17.7. The van der Waals surface area contributed by atoms with E-state index in [9.17, 15) is 0 Å². The maximum Gasteiger partial charge on any atom is 0.142 e. The first kappa shape index (κ1) is 24.5. The summed E-state index contributed by atoms with van der Waals surface area (Å²) in [5, 5.41) is 5.79. The number of hydrogen-bond acceptors (Lipinski definition) is 10. The van der Waals surface area contributed by atoms with Gasteiger partial charge in [0, 0.05) is 23.2 Å². The van der Waals surface area contributed by atoms with E-state index in [1.807, 2.05) is 47.2 Å². The molecule has 0 bridgehead atoms. The standard InChI is InChI=1S/C24H26N4O4S2/c1-3-7-25-21(5-1)23-27-19(17-33-23)15-31-13-11-29-9-10-30-12-14-32-16-20-18-34-24(28-20)22-6-2-4-8-26-22/h1-8,17-18H,9-16H2. The van der Waals surface area contributed by atoms with Crippen LogP contribution in [0, 0.1) is 0 Å². The zero-order valence-electron chi connectivity index (χ0n) is 18.7. The normalized spacial score (nSPS) is 11.2. The molecule has 0 aliphatic carbocycles. The van der Waals surface area contributed by atoms with Gasteiger partial charge in [-0.05, 0) is 24.3 Å². The molecule has 0 saturated carbocycles. The molecular weight excluding hydrogens is 472 g/mol. The van der Waals surface area contributed by atoms with Crippen molar-refractivity contribution in [3.8, 4) is 21.4 Å². The minimum atomic E-state index is 0.461. The first-order chi connectivity index (χ1) is 16.9. The molecule has 0 fully saturated rings. The quantitative estimate of drug-likeness (QED) is 0.222. The molecule has 4 rings (SSSR count). The molecule has 0 aliphatic rings. The van der Waals surface area contributed by atoms with Gasteiger partial charge < -0.3 is 18.9 Å². The molecule has 4 heterocycles. The van der Waals surface area contributed by atoms with Crippen LogP contribution in [-0.4, -0.2) is 59.6 Å². The fraction of sp³-hybridized carbons (Fsp3) is 0.333. The molecule has 0 N–H and O–H groups in total. The van der Waals surface area contributed by atoms with Crippen LogP contribution < -0.4 is 0 Å². The van der Waals surface area contributed by atoms with Gasteiger partial charge in [-0.1, -0.05) is 12.1 Å². The highest BCUT2D eigenvalue weighted by Gasteiger charge is 2.06. The second-order valence-corrected chi connectivity index (χ2v) is 8.76. The Morgan fingerprint density at radius 3 is 1.41 bits per heavy atom. The molecule has 0 aromatic carbocycles.